The van der Waals surface area contributed by atoms with E-state index in [1.54, 1.807) is 0 Å². The van der Waals surface area contributed by atoms with Crippen LogP contribution in [0.4, 0.5) is 5.69 Å². The number of fused-ring (bicyclic) bond motifs is 2. The lowest BCUT2D eigenvalue weighted by Gasteiger charge is -2.34. The Morgan fingerprint density at radius 2 is 1.66 bits per heavy atom. The lowest BCUT2D eigenvalue weighted by atomic mass is 10.0. The van der Waals surface area contributed by atoms with Gasteiger partial charge in [0.25, 0.3) is 0 Å². The van der Waals surface area contributed by atoms with Crippen molar-refractivity contribution >= 4 is 27.5 Å². The molecule has 158 valence electrons. The molecule has 6 rings (SSSR count). The minimum absolute atomic E-state index is 0.875. The second kappa shape index (κ2) is 7.73. The summed E-state index contributed by atoms with van der Waals surface area (Å²) in [4.78, 5) is 14.2. The number of aromatic nitrogens is 4. The third-order valence-electron chi connectivity index (χ3n) is 6.36. The maximum Gasteiger partial charge on any atom is 0.118 e. The van der Waals surface area contributed by atoms with Crippen LogP contribution in [-0.2, 0) is 0 Å². The number of nitrogens with one attached hydrogen (secondary N) is 1. The molecule has 0 radical (unpaired) electrons. The molecule has 1 aliphatic heterocycles. The number of anilines is 1. The van der Waals surface area contributed by atoms with Gasteiger partial charge in [-0.05, 0) is 36.7 Å². The van der Waals surface area contributed by atoms with Crippen LogP contribution in [0.1, 0.15) is 0 Å². The molecule has 1 fully saturated rings. The van der Waals surface area contributed by atoms with Crippen molar-refractivity contribution in [3.05, 3.63) is 73.1 Å². The third-order valence-corrected chi connectivity index (χ3v) is 6.36. The Bertz CT molecular complexity index is 1390. The Hall–Kier alpha value is -3.77. The minimum Gasteiger partial charge on any atom is -0.369 e. The molecule has 6 nitrogen and oxygen atoms in total. The minimum atomic E-state index is 0.875. The fourth-order valence-corrected chi connectivity index (χ4v) is 4.47. The maximum atomic E-state index is 5.00. The van der Waals surface area contributed by atoms with Gasteiger partial charge in [-0.2, -0.15) is 5.10 Å². The fourth-order valence-electron chi connectivity index (χ4n) is 4.47. The van der Waals surface area contributed by atoms with Crippen LogP contribution in [0.25, 0.3) is 44.3 Å². The van der Waals surface area contributed by atoms with Crippen molar-refractivity contribution in [2.75, 3.05) is 38.1 Å². The second-order valence-corrected chi connectivity index (χ2v) is 8.41. The second-order valence-electron chi connectivity index (χ2n) is 8.41. The zero-order chi connectivity index (χ0) is 21.5. The van der Waals surface area contributed by atoms with Crippen molar-refractivity contribution < 1.29 is 0 Å². The van der Waals surface area contributed by atoms with Gasteiger partial charge in [-0.1, -0.05) is 36.4 Å². The van der Waals surface area contributed by atoms with E-state index in [9.17, 15) is 0 Å². The number of rotatable bonds is 3. The van der Waals surface area contributed by atoms with Crippen LogP contribution in [0, 0.1) is 0 Å². The molecule has 5 aromatic rings. The van der Waals surface area contributed by atoms with Crippen molar-refractivity contribution in [2.24, 2.45) is 0 Å². The molecule has 1 aliphatic rings. The van der Waals surface area contributed by atoms with Crippen molar-refractivity contribution in [3.63, 3.8) is 0 Å². The van der Waals surface area contributed by atoms with Gasteiger partial charge in [0.15, 0.2) is 0 Å². The highest BCUT2D eigenvalue weighted by molar-refractivity contribution is 5.97. The molecule has 1 saturated heterocycles. The Labute approximate surface area is 186 Å². The molecule has 4 heterocycles. The largest absolute Gasteiger partial charge is 0.369 e. The van der Waals surface area contributed by atoms with E-state index in [0.29, 0.717) is 0 Å². The number of nitrogens with zero attached hydrogens (tertiary/aromatic N) is 5. The van der Waals surface area contributed by atoms with E-state index in [2.05, 4.69) is 80.6 Å². The van der Waals surface area contributed by atoms with Gasteiger partial charge in [0.05, 0.1) is 11.2 Å². The highest BCUT2D eigenvalue weighted by Gasteiger charge is 2.16. The molecule has 2 aromatic carbocycles. The van der Waals surface area contributed by atoms with Crippen LogP contribution < -0.4 is 4.90 Å². The van der Waals surface area contributed by atoms with Gasteiger partial charge >= 0.3 is 0 Å². The normalized spacial score (nSPS) is 15.0. The van der Waals surface area contributed by atoms with Crippen LogP contribution in [0.5, 0.6) is 0 Å². The molecule has 32 heavy (non-hydrogen) atoms. The number of likely N-dealkylation sites (N-methyl/N-ethyl adjacent to an activating group) is 1. The lowest BCUT2D eigenvalue weighted by molar-refractivity contribution is 0.313. The number of aromatic amines is 1. The topological polar surface area (TPSA) is 60.9 Å². The average molecular weight is 421 g/mol. The van der Waals surface area contributed by atoms with Crippen molar-refractivity contribution in [1.82, 2.24) is 25.1 Å². The molecular formula is C26H24N6. The molecule has 0 spiro atoms. The molecular weight excluding hydrogens is 396 g/mol. The Balaban J connectivity index is 1.38. The van der Waals surface area contributed by atoms with Crippen LogP contribution in [-0.4, -0.2) is 58.3 Å². The highest BCUT2D eigenvalue weighted by Crippen LogP contribution is 2.31. The van der Waals surface area contributed by atoms with Gasteiger partial charge < -0.3 is 9.80 Å². The lowest BCUT2D eigenvalue weighted by Crippen LogP contribution is -2.44. The van der Waals surface area contributed by atoms with Crippen molar-refractivity contribution in [3.8, 4) is 22.5 Å². The van der Waals surface area contributed by atoms with Crippen molar-refractivity contribution in [1.29, 1.82) is 0 Å². The van der Waals surface area contributed by atoms with Gasteiger partial charge in [0, 0.05) is 60.8 Å². The summed E-state index contributed by atoms with van der Waals surface area (Å²) in [6, 6.07) is 21.0. The summed E-state index contributed by atoms with van der Waals surface area (Å²) in [5.74, 6) is 0. The Morgan fingerprint density at radius 3 is 2.50 bits per heavy atom. The van der Waals surface area contributed by atoms with E-state index >= 15 is 0 Å². The van der Waals surface area contributed by atoms with Gasteiger partial charge in [-0.15, -0.1) is 0 Å². The zero-order valence-corrected chi connectivity index (χ0v) is 18.0. The van der Waals surface area contributed by atoms with E-state index in [-0.39, 0.29) is 0 Å². The number of H-pyrrole nitrogens is 1. The average Bonchev–Trinajstić information content (AvgIpc) is 3.28. The van der Waals surface area contributed by atoms with Crippen molar-refractivity contribution in [2.45, 2.75) is 0 Å². The summed E-state index contributed by atoms with van der Waals surface area (Å²) >= 11 is 0. The Kier molecular flexibility index (Phi) is 4.58. The summed E-state index contributed by atoms with van der Waals surface area (Å²) in [6.45, 7) is 4.32. The summed E-state index contributed by atoms with van der Waals surface area (Å²) in [5, 5.41) is 9.99. The maximum absolute atomic E-state index is 5.00. The Morgan fingerprint density at radius 1 is 0.844 bits per heavy atom. The van der Waals surface area contributed by atoms with E-state index in [1.807, 2.05) is 24.5 Å². The van der Waals surface area contributed by atoms with Crippen LogP contribution in [0.3, 0.4) is 0 Å². The number of hydrogen-bond acceptors (Lipinski definition) is 5. The molecule has 0 unspecified atom stereocenters. The number of piperazine rings is 1. The van der Waals surface area contributed by atoms with Gasteiger partial charge in [-0.25, -0.2) is 4.98 Å². The van der Waals surface area contributed by atoms with Gasteiger partial charge in [0.1, 0.15) is 11.2 Å². The zero-order valence-electron chi connectivity index (χ0n) is 18.0. The molecule has 0 bridgehead atoms. The third kappa shape index (κ3) is 3.29. The first-order valence-corrected chi connectivity index (χ1v) is 11.0. The van der Waals surface area contributed by atoms with E-state index in [0.717, 1.165) is 70.5 Å². The molecule has 3 aromatic heterocycles. The SMILES string of the molecule is CN1CCN(c2ccc(-c3n[nH]c4ccc(-c5cncc6ccccc56)nc34)cc2)CC1. The van der Waals surface area contributed by atoms with Gasteiger partial charge in [0.2, 0.25) is 0 Å². The smallest absolute Gasteiger partial charge is 0.118 e. The van der Waals surface area contributed by atoms with Crippen LogP contribution >= 0.6 is 0 Å². The van der Waals surface area contributed by atoms with Crippen LogP contribution in [0.2, 0.25) is 0 Å². The van der Waals surface area contributed by atoms with E-state index in [4.69, 9.17) is 4.98 Å². The molecule has 0 saturated carbocycles. The number of benzene rings is 2. The quantitative estimate of drug-likeness (QED) is 0.463. The van der Waals surface area contributed by atoms with E-state index < -0.39 is 0 Å². The summed E-state index contributed by atoms with van der Waals surface area (Å²) in [7, 11) is 2.18. The monoisotopic (exact) mass is 420 g/mol. The highest BCUT2D eigenvalue weighted by atomic mass is 15.2. The molecule has 1 N–H and O–H groups in total. The summed E-state index contributed by atoms with van der Waals surface area (Å²) < 4.78 is 0. The van der Waals surface area contributed by atoms with Gasteiger partial charge in [-0.3, -0.25) is 10.1 Å². The summed E-state index contributed by atoms with van der Waals surface area (Å²) in [5.41, 5.74) is 6.94. The summed E-state index contributed by atoms with van der Waals surface area (Å²) in [6.07, 6.45) is 3.78. The van der Waals surface area contributed by atoms with Crippen LogP contribution in [0.15, 0.2) is 73.1 Å². The first kappa shape index (κ1) is 19.0. The molecule has 6 heteroatoms. The number of hydrogen-bond donors (Lipinski definition) is 1. The molecule has 0 atom stereocenters. The van der Waals surface area contributed by atoms with E-state index in [1.165, 1.54) is 5.69 Å². The molecule has 0 aliphatic carbocycles. The first-order chi connectivity index (χ1) is 15.8. The fraction of sp³-hybridized carbons (Fsp3) is 0.192. The number of pyridine rings is 2. The predicted molar refractivity (Wildman–Crippen MR) is 130 cm³/mol. The molecule has 0 amide bonds. The predicted octanol–water partition coefficient (Wildman–Crippen LogP) is 4.59. The first-order valence-electron chi connectivity index (χ1n) is 11.0. The standard InChI is InChI=1S/C26H24N6/c1-31-12-14-32(15-13-31)20-8-6-18(7-9-20)25-26-24(29-30-25)11-10-23(28-26)22-17-27-16-19-4-2-3-5-21(19)22/h2-11,16-17H,12-15H2,1H3,(H,29,30).